The standard InChI is InChI=1S/C21H17FN2O4S2/c1-12-18(13-7-9-14(22)10-8-13)23-21(29-12)24-20(25)19-16(11-30(2,26)27)15-5-3-4-6-17(15)28-19/h3-10H,11H2,1-2H3,(H,23,24,25). The van der Waals surface area contributed by atoms with Crippen molar-refractivity contribution in [3.05, 3.63) is 70.5 Å². The quantitative estimate of drug-likeness (QED) is 0.478. The second kappa shape index (κ2) is 7.66. The maximum absolute atomic E-state index is 13.2. The van der Waals surface area contributed by atoms with Gasteiger partial charge in [0, 0.05) is 27.6 Å². The van der Waals surface area contributed by atoms with E-state index in [0.29, 0.717) is 27.4 Å². The Morgan fingerprint density at radius 2 is 1.87 bits per heavy atom. The fourth-order valence-corrected chi connectivity index (χ4v) is 4.81. The number of aromatic nitrogens is 1. The van der Waals surface area contributed by atoms with Gasteiger partial charge in [-0.05, 0) is 37.3 Å². The summed E-state index contributed by atoms with van der Waals surface area (Å²) in [7, 11) is -3.39. The first-order valence-corrected chi connectivity index (χ1v) is 11.8. The molecular weight excluding hydrogens is 427 g/mol. The zero-order chi connectivity index (χ0) is 21.5. The average molecular weight is 445 g/mol. The van der Waals surface area contributed by atoms with E-state index in [9.17, 15) is 17.6 Å². The Morgan fingerprint density at radius 1 is 1.17 bits per heavy atom. The Bertz CT molecular complexity index is 1360. The van der Waals surface area contributed by atoms with Gasteiger partial charge in [-0.3, -0.25) is 10.1 Å². The first-order chi connectivity index (χ1) is 14.2. The van der Waals surface area contributed by atoms with Gasteiger partial charge >= 0.3 is 0 Å². The number of amides is 1. The van der Waals surface area contributed by atoms with Crippen molar-refractivity contribution in [2.75, 3.05) is 11.6 Å². The molecule has 0 saturated carbocycles. The summed E-state index contributed by atoms with van der Waals surface area (Å²) in [5.74, 6) is -1.30. The summed E-state index contributed by atoms with van der Waals surface area (Å²) in [5, 5.41) is 3.61. The molecule has 2 heterocycles. The van der Waals surface area contributed by atoms with Crippen LogP contribution in [-0.4, -0.2) is 25.6 Å². The molecule has 4 rings (SSSR count). The summed E-state index contributed by atoms with van der Waals surface area (Å²) in [4.78, 5) is 18.2. The monoisotopic (exact) mass is 444 g/mol. The number of halogens is 1. The van der Waals surface area contributed by atoms with Gasteiger partial charge in [-0.25, -0.2) is 17.8 Å². The second-order valence-corrected chi connectivity index (χ2v) is 10.2. The molecule has 2 aromatic heterocycles. The molecule has 0 aliphatic rings. The number of furan rings is 1. The minimum atomic E-state index is -3.39. The van der Waals surface area contributed by atoms with Gasteiger partial charge in [0.25, 0.3) is 5.91 Å². The molecule has 6 nitrogen and oxygen atoms in total. The molecule has 0 bridgehead atoms. The predicted octanol–water partition coefficient (Wildman–Crippen LogP) is 4.80. The summed E-state index contributed by atoms with van der Waals surface area (Å²) in [6, 6.07) is 12.8. The van der Waals surface area contributed by atoms with Crippen molar-refractivity contribution >= 4 is 43.2 Å². The summed E-state index contributed by atoms with van der Waals surface area (Å²) >= 11 is 1.27. The van der Waals surface area contributed by atoms with Crippen molar-refractivity contribution in [1.29, 1.82) is 0 Å². The molecule has 0 aliphatic carbocycles. The van der Waals surface area contributed by atoms with E-state index in [0.717, 1.165) is 16.7 Å². The number of fused-ring (bicyclic) bond motifs is 1. The predicted molar refractivity (Wildman–Crippen MR) is 115 cm³/mol. The lowest BCUT2D eigenvalue weighted by Crippen LogP contribution is -2.14. The van der Waals surface area contributed by atoms with Crippen LogP contribution < -0.4 is 5.32 Å². The highest BCUT2D eigenvalue weighted by Gasteiger charge is 2.24. The van der Waals surface area contributed by atoms with Crippen LogP contribution in [0.15, 0.2) is 52.9 Å². The molecule has 0 atom stereocenters. The van der Waals surface area contributed by atoms with Crippen LogP contribution in [0.1, 0.15) is 21.0 Å². The normalized spacial score (nSPS) is 11.7. The van der Waals surface area contributed by atoms with E-state index in [1.165, 1.54) is 23.5 Å². The molecule has 1 amide bonds. The number of benzene rings is 2. The topological polar surface area (TPSA) is 89.3 Å². The minimum absolute atomic E-state index is 0.0576. The van der Waals surface area contributed by atoms with Crippen LogP contribution in [0, 0.1) is 12.7 Å². The van der Waals surface area contributed by atoms with Crippen molar-refractivity contribution in [1.82, 2.24) is 4.98 Å². The molecule has 4 aromatic rings. The lowest BCUT2D eigenvalue weighted by Gasteiger charge is -2.02. The molecule has 30 heavy (non-hydrogen) atoms. The maximum atomic E-state index is 13.2. The zero-order valence-electron chi connectivity index (χ0n) is 16.1. The number of rotatable bonds is 5. The lowest BCUT2D eigenvalue weighted by atomic mass is 10.1. The van der Waals surface area contributed by atoms with E-state index in [1.54, 1.807) is 36.4 Å². The number of carbonyl (C=O) groups excluding carboxylic acids is 1. The second-order valence-electron chi connectivity index (χ2n) is 6.86. The van der Waals surface area contributed by atoms with Crippen LogP contribution in [0.2, 0.25) is 0 Å². The molecule has 9 heteroatoms. The van der Waals surface area contributed by atoms with Gasteiger partial charge in [0.2, 0.25) is 0 Å². The van der Waals surface area contributed by atoms with Crippen LogP contribution in [0.4, 0.5) is 9.52 Å². The van der Waals surface area contributed by atoms with Crippen LogP contribution in [0.25, 0.3) is 22.2 Å². The van der Waals surface area contributed by atoms with Gasteiger partial charge in [0.15, 0.2) is 20.7 Å². The van der Waals surface area contributed by atoms with E-state index in [-0.39, 0.29) is 17.3 Å². The van der Waals surface area contributed by atoms with E-state index in [4.69, 9.17) is 4.42 Å². The third-order valence-corrected chi connectivity index (χ3v) is 6.15. The molecule has 1 N–H and O–H groups in total. The highest BCUT2D eigenvalue weighted by molar-refractivity contribution is 7.89. The smallest absolute Gasteiger partial charge is 0.293 e. The highest BCUT2D eigenvalue weighted by Crippen LogP contribution is 2.32. The maximum Gasteiger partial charge on any atom is 0.293 e. The SMILES string of the molecule is Cc1sc(NC(=O)c2oc3ccccc3c2CS(C)(=O)=O)nc1-c1ccc(F)cc1. The zero-order valence-corrected chi connectivity index (χ0v) is 17.7. The molecular formula is C21H17FN2O4S2. The number of aryl methyl sites for hydroxylation is 1. The Balaban J connectivity index is 1.68. The summed E-state index contributed by atoms with van der Waals surface area (Å²) < 4.78 is 42.6. The van der Waals surface area contributed by atoms with Gasteiger partial charge in [-0.2, -0.15) is 0 Å². The highest BCUT2D eigenvalue weighted by atomic mass is 32.2. The summed E-state index contributed by atoms with van der Waals surface area (Å²) in [6.07, 6.45) is 1.11. The molecule has 0 saturated heterocycles. The Labute approximate surface area is 176 Å². The van der Waals surface area contributed by atoms with Crippen molar-refractivity contribution in [3.63, 3.8) is 0 Å². The van der Waals surface area contributed by atoms with Gasteiger partial charge in [0.1, 0.15) is 11.4 Å². The van der Waals surface area contributed by atoms with Gasteiger partial charge < -0.3 is 4.42 Å². The fraction of sp³-hybridized carbons (Fsp3) is 0.143. The van der Waals surface area contributed by atoms with Crippen molar-refractivity contribution < 1.29 is 22.0 Å². The molecule has 0 fully saturated rings. The van der Waals surface area contributed by atoms with Crippen LogP contribution in [-0.2, 0) is 15.6 Å². The van der Waals surface area contributed by atoms with Gasteiger partial charge in [-0.1, -0.05) is 18.2 Å². The fourth-order valence-electron chi connectivity index (χ4n) is 3.17. The Kier molecular flexibility index (Phi) is 5.17. The molecule has 154 valence electrons. The van der Waals surface area contributed by atoms with Crippen LogP contribution in [0.3, 0.4) is 0 Å². The average Bonchev–Trinajstić information content (AvgIpc) is 3.22. The van der Waals surface area contributed by atoms with E-state index in [1.807, 2.05) is 6.92 Å². The molecule has 0 radical (unpaired) electrons. The largest absolute Gasteiger partial charge is 0.451 e. The number of hydrogen-bond donors (Lipinski definition) is 1. The summed E-state index contributed by atoms with van der Waals surface area (Å²) in [5.41, 5.74) is 2.12. The van der Waals surface area contributed by atoms with E-state index in [2.05, 4.69) is 10.3 Å². The number of hydrogen-bond acceptors (Lipinski definition) is 6. The van der Waals surface area contributed by atoms with Crippen molar-refractivity contribution in [2.24, 2.45) is 0 Å². The molecule has 0 spiro atoms. The molecule has 0 aliphatic heterocycles. The number of thiazole rings is 1. The Hall–Kier alpha value is -3.04. The molecule has 2 aromatic carbocycles. The number of para-hydroxylation sites is 1. The van der Waals surface area contributed by atoms with E-state index < -0.39 is 15.7 Å². The number of carbonyl (C=O) groups is 1. The number of nitrogens with one attached hydrogen (secondary N) is 1. The minimum Gasteiger partial charge on any atom is -0.451 e. The Morgan fingerprint density at radius 3 is 2.57 bits per heavy atom. The van der Waals surface area contributed by atoms with Crippen molar-refractivity contribution in [3.8, 4) is 11.3 Å². The molecule has 0 unspecified atom stereocenters. The third-order valence-electron chi connectivity index (χ3n) is 4.45. The van der Waals surface area contributed by atoms with Crippen LogP contribution >= 0.6 is 11.3 Å². The van der Waals surface area contributed by atoms with Crippen molar-refractivity contribution in [2.45, 2.75) is 12.7 Å². The van der Waals surface area contributed by atoms with Crippen LogP contribution in [0.5, 0.6) is 0 Å². The first kappa shape index (κ1) is 20.2. The number of sulfone groups is 1. The van der Waals surface area contributed by atoms with Gasteiger partial charge in [0.05, 0.1) is 11.4 Å². The van der Waals surface area contributed by atoms with Gasteiger partial charge in [-0.15, -0.1) is 11.3 Å². The lowest BCUT2D eigenvalue weighted by molar-refractivity contribution is 0.0998. The third kappa shape index (κ3) is 4.12. The number of anilines is 1. The summed E-state index contributed by atoms with van der Waals surface area (Å²) in [6.45, 7) is 1.85. The number of nitrogens with zero attached hydrogens (tertiary/aromatic N) is 1. The van der Waals surface area contributed by atoms with E-state index >= 15 is 0 Å². The first-order valence-electron chi connectivity index (χ1n) is 8.94.